The first-order chi connectivity index (χ1) is 14.5. The number of hydrogen-bond donors (Lipinski definition) is 3. The average Bonchev–Trinajstić information content (AvgIpc) is 3.16. The maximum atomic E-state index is 11.7. The highest BCUT2D eigenvalue weighted by atomic mass is 16.5. The lowest BCUT2D eigenvalue weighted by Gasteiger charge is -2.29. The van der Waals surface area contributed by atoms with E-state index in [0.29, 0.717) is 43.1 Å². The van der Waals surface area contributed by atoms with E-state index in [2.05, 4.69) is 4.99 Å². The summed E-state index contributed by atoms with van der Waals surface area (Å²) in [6, 6.07) is 10.2. The summed E-state index contributed by atoms with van der Waals surface area (Å²) in [5, 5.41) is 30.3. The fraction of sp³-hybridized carbons (Fsp3) is 0.333. The molecule has 1 amide bonds. The van der Waals surface area contributed by atoms with Crippen LogP contribution >= 0.6 is 0 Å². The molecule has 2 aromatic carbocycles. The summed E-state index contributed by atoms with van der Waals surface area (Å²) >= 11 is 0. The van der Waals surface area contributed by atoms with Crippen molar-refractivity contribution in [3.63, 3.8) is 0 Å². The molecule has 9 heteroatoms. The van der Waals surface area contributed by atoms with Crippen molar-refractivity contribution < 1.29 is 29.6 Å². The summed E-state index contributed by atoms with van der Waals surface area (Å²) in [6.07, 6.45) is -0.145. The van der Waals surface area contributed by atoms with E-state index in [4.69, 9.17) is 9.47 Å². The van der Waals surface area contributed by atoms with E-state index >= 15 is 0 Å². The predicted molar refractivity (Wildman–Crippen MR) is 111 cm³/mol. The van der Waals surface area contributed by atoms with Gasteiger partial charge in [0, 0.05) is 37.0 Å². The summed E-state index contributed by atoms with van der Waals surface area (Å²) in [7, 11) is 2.93. The van der Waals surface area contributed by atoms with Crippen LogP contribution in [0.5, 0.6) is 23.0 Å². The fourth-order valence-corrected chi connectivity index (χ4v) is 3.55. The van der Waals surface area contributed by atoms with Crippen LogP contribution < -0.4 is 9.47 Å². The third-order valence-corrected chi connectivity index (χ3v) is 5.04. The van der Waals surface area contributed by atoms with E-state index in [1.807, 2.05) is 4.90 Å². The van der Waals surface area contributed by atoms with Crippen LogP contribution in [-0.2, 0) is 0 Å². The third-order valence-electron chi connectivity index (χ3n) is 5.04. The van der Waals surface area contributed by atoms with Crippen molar-refractivity contribution in [3.05, 3.63) is 47.5 Å². The van der Waals surface area contributed by atoms with Crippen molar-refractivity contribution in [2.75, 3.05) is 40.4 Å². The van der Waals surface area contributed by atoms with E-state index in [-0.39, 0.29) is 17.2 Å². The lowest BCUT2D eigenvalue weighted by molar-refractivity contribution is 0.106. The van der Waals surface area contributed by atoms with Gasteiger partial charge in [-0.1, -0.05) is 18.2 Å². The van der Waals surface area contributed by atoms with Gasteiger partial charge in [0.2, 0.25) is 0 Å². The molecule has 0 radical (unpaired) electrons. The molecule has 9 nitrogen and oxygen atoms in total. The fourth-order valence-electron chi connectivity index (χ4n) is 3.55. The quantitative estimate of drug-likeness (QED) is 0.595. The normalized spacial score (nSPS) is 16.9. The number of aliphatic imine (C=N–C) groups is 1. The highest BCUT2D eigenvalue weighted by Gasteiger charge is 2.37. The maximum Gasteiger partial charge on any atom is 0.408 e. The van der Waals surface area contributed by atoms with Gasteiger partial charge in [-0.05, 0) is 18.2 Å². The minimum Gasteiger partial charge on any atom is -0.504 e. The number of phenolic OH excluding ortho intramolecular Hbond substituents is 2. The lowest BCUT2D eigenvalue weighted by Crippen LogP contribution is -2.35. The number of aromatic hydroxyl groups is 2. The second kappa shape index (κ2) is 9.36. The molecule has 1 aliphatic heterocycles. The molecule has 2 aromatic rings. The first kappa shape index (κ1) is 21.3. The molecule has 1 saturated heterocycles. The molecule has 3 rings (SSSR count). The average molecular weight is 415 g/mol. The second-order valence-electron chi connectivity index (χ2n) is 6.72. The number of carbonyl (C=O) groups is 1. The van der Waals surface area contributed by atoms with E-state index in [0.717, 1.165) is 0 Å². The van der Waals surface area contributed by atoms with Gasteiger partial charge < -0.3 is 24.8 Å². The Morgan fingerprint density at radius 2 is 1.77 bits per heavy atom. The zero-order chi connectivity index (χ0) is 21.7. The molecule has 1 fully saturated rings. The lowest BCUT2D eigenvalue weighted by atomic mass is 10.1. The highest BCUT2D eigenvalue weighted by molar-refractivity contribution is 5.84. The van der Waals surface area contributed by atoms with Crippen LogP contribution in [0, 0.1) is 0 Å². The maximum absolute atomic E-state index is 11.7. The molecule has 0 aliphatic carbocycles. The van der Waals surface area contributed by atoms with E-state index in [1.165, 1.54) is 19.1 Å². The van der Waals surface area contributed by atoms with Crippen molar-refractivity contribution in [2.45, 2.75) is 6.17 Å². The molecule has 1 aliphatic rings. The number of benzene rings is 2. The Balaban J connectivity index is 1.76. The van der Waals surface area contributed by atoms with Crippen LogP contribution in [0.3, 0.4) is 0 Å². The van der Waals surface area contributed by atoms with E-state index in [1.54, 1.807) is 42.6 Å². The molecule has 160 valence electrons. The van der Waals surface area contributed by atoms with Crippen LogP contribution in [0.4, 0.5) is 4.79 Å². The van der Waals surface area contributed by atoms with E-state index in [9.17, 15) is 20.1 Å². The summed E-state index contributed by atoms with van der Waals surface area (Å²) in [5.41, 5.74) is 0.994. The number of para-hydroxylation sites is 2. The van der Waals surface area contributed by atoms with Crippen molar-refractivity contribution in [1.29, 1.82) is 0 Å². The second-order valence-corrected chi connectivity index (χ2v) is 6.72. The van der Waals surface area contributed by atoms with Crippen LogP contribution in [0.15, 0.2) is 41.4 Å². The number of methoxy groups -OCH3 is 2. The van der Waals surface area contributed by atoms with Crippen molar-refractivity contribution in [1.82, 2.24) is 9.80 Å². The number of amides is 1. The Morgan fingerprint density at radius 1 is 1.10 bits per heavy atom. The van der Waals surface area contributed by atoms with Crippen molar-refractivity contribution in [3.8, 4) is 23.0 Å². The van der Waals surface area contributed by atoms with Gasteiger partial charge in [0.1, 0.15) is 6.17 Å². The minimum atomic E-state index is -1.06. The molecular formula is C21H25N3O6. The molecule has 1 atom stereocenters. The predicted octanol–water partition coefficient (Wildman–Crippen LogP) is 2.53. The summed E-state index contributed by atoms with van der Waals surface area (Å²) < 4.78 is 10.2. The van der Waals surface area contributed by atoms with E-state index < -0.39 is 12.3 Å². The van der Waals surface area contributed by atoms with Gasteiger partial charge in [-0.3, -0.25) is 14.8 Å². The van der Waals surface area contributed by atoms with Gasteiger partial charge in [-0.15, -0.1) is 0 Å². The van der Waals surface area contributed by atoms with Crippen LogP contribution in [0.1, 0.15) is 17.3 Å². The summed E-state index contributed by atoms with van der Waals surface area (Å²) in [4.78, 5) is 19.3. The standard InChI is InChI=1S/C21H25N3O6/c1-29-16-7-3-5-14(18(16)25)13-22-9-10-23-11-12-24(21(27)28)20(23)15-6-4-8-17(30-2)19(15)26/h3-8,13,20,25-26H,9-12H2,1-2H3,(H,27,28)/t20-/m0/s1. The van der Waals surface area contributed by atoms with Gasteiger partial charge in [0.25, 0.3) is 0 Å². The summed E-state index contributed by atoms with van der Waals surface area (Å²) in [6.45, 7) is 1.67. The molecule has 1 heterocycles. The molecule has 0 spiro atoms. The number of carboxylic acid groups (broad SMARTS) is 1. The number of phenols is 2. The first-order valence-corrected chi connectivity index (χ1v) is 9.43. The van der Waals surface area contributed by atoms with Gasteiger partial charge >= 0.3 is 6.09 Å². The van der Waals surface area contributed by atoms with Crippen molar-refractivity contribution in [2.24, 2.45) is 4.99 Å². The Morgan fingerprint density at radius 3 is 2.43 bits per heavy atom. The van der Waals surface area contributed by atoms with Gasteiger partial charge in [-0.25, -0.2) is 4.79 Å². The van der Waals surface area contributed by atoms with Crippen LogP contribution in [0.2, 0.25) is 0 Å². The molecule has 0 bridgehead atoms. The van der Waals surface area contributed by atoms with Gasteiger partial charge in [0.15, 0.2) is 23.0 Å². The number of hydrogen-bond acceptors (Lipinski definition) is 7. The minimum absolute atomic E-state index is 0.0150. The largest absolute Gasteiger partial charge is 0.504 e. The Hall–Kier alpha value is -3.46. The number of nitrogens with zero attached hydrogens (tertiary/aromatic N) is 3. The van der Waals surface area contributed by atoms with Gasteiger partial charge in [0.05, 0.1) is 20.8 Å². The topological polar surface area (TPSA) is 115 Å². The molecule has 0 aromatic heterocycles. The Labute approximate surface area is 174 Å². The van der Waals surface area contributed by atoms with Crippen LogP contribution in [0.25, 0.3) is 0 Å². The van der Waals surface area contributed by atoms with Gasteiger partial charge in [-0.2, -0.15) is 0 Å². The number of rotatable bonds is 7. The van der Waals surface area contributed by atoms with Crippen LogP contribution in [-0.4, -0.2) is 77.8 Å². The zero-order valence-corrected chi connectivity index (χ0v) is 16.9. The Kier molecular flexibility index (Phi) is 6.63. The molecule has 0 unspecified atom stereocenters. The molecule has 30 heavy (non-hydrogen) atoms. The smallest absolute Gasteiger partial charge is 0.408 e. The molecule has 0 saturated carbocycles. The summed E-state index contributed by atoms with van der Waals surface area (Å²) in [5.74, 6) is 0.592. The zero-order valence-electron chi connectivity index (χ0n) is 16.9. The molecule has 3 N–H and O–H groups in total. The third kappa shape index (κ3) is 4.25. The Bertz CT molecular complexity index is 933. The monoisotopic (exact) mass is 415 g/mol. The SMILES string of the molecule is COc1cccc(C=NCCN2CCN(C(=O)O)[C@H]2c2cccc(OC)c2O)c1O. The van der Waals surface area contributed by atoms with Crippen molar-refractivity contribution >= 4 is 12.3 Å². The number of ether oxygens (including phenoxy) is 2. The first-order valence-electron chi connectivity index (χ1n) is 9.43. The molecular weight excluding hydrogens is 390 g/mol. The highest BCUT2D eigenvalue weighted by Crippen LogP contribution is 2.39.